The van der Waals surface area contributed by atoms with Crippen LogP contribution in [0, 0.1) is 0 Å². The van der Waals surface area contributed by atoms with Crippen LogP contribution in [0.1, 0.15) is 5.56 Å². The van der Waals surface area contributed by atoms with E-state index in [0.717, 1.165) is 28.5 Å². The maximum atomic E-state index is 10.5. The minimum absolute atomic E-state index is 0.876. The molecule has 3 heteroatoms. The van der Waals surface area contributed by atoms with Crippen LogP contribution in [-0.2, 0) is 4.79 Å². The Kier molecular flexibility index (Phi) is 4.20. The number of carboxylic acids is 1. The van der Waals surface area contributed by atoms with Crippen LogP contribution in [0.2, 0.25) is 0 Å². The van der Waals surface area contributed by atoms with Gasteiger partial charge in [-0.1, -0.05) is 36.4 Å². The quantitative estimate of drug-likeness (QED) is 0.862. The summed E-state index contributed by atoms with van der Waals surface area (Å²) in [5, 5.41) is 8.59. The first-order chi connectivity index (χ1) is 9.56. The maximum absolute atomic E-state index is 10.5. The van der Waals surface area contributed by atoms with Crippen molar-refractivity contribution in [1.82, 2.24) is 0 Å². The Morgan fingerprint density at radius 3 is 1.90 bits per heavy atom. The number of anilines is 1. The van der Waals surface area contributed by atoms with E-state index in [4.69, 9.17) is 5.11 Å². The molecule has 0 spiro atoms. The fourth-order valence-electron chi connectivity index (χ4n) is 1.91. The molecule has 20 heavy (non-hydrogen) atoms. The summed E-state index contributed by atoms with van der Waals surface area (Å²) < 4.78 is 0. The van der Waals surface area contributed by atoms with Gasteiger partial charge in [-0.25, -0.2) is 4.79 Å². The van der Waals surface area contributed by atoms with Gasteiger partial charge in [0.05, 0.1) is 0 Å². The summed E-state index contributed by atoms with van der Waals surface area (Å²) in [5.41, 5.74) is 4.29. The van der Waals surface area contributed by atoms with Crippen molar-refractivity contribution in [2.75, 3.05) is 19.0 Å². The fraction of sp³-hybridized carbons (Fsp3) is 0.118. The summed E-state index contributed by atoms with van der Waals surface area (Å²) >= 11 is 0. The SMILES string of the molecule is CN(C)c1ccc(-c2ccc(C=CC(=O)O)cc2)cc1. The van der Waals surface area contributed by atoms with E-state index in [9.17, 15) is 4.79 Å². The van der Waals surface area contributed by atoms with Crippen molar-refractivity contribution in [3.63, 3.8) is 0 Å². The van der Waals surface area contributed by atoms with Crippen LogP contribution in [0.5, 0.6) is 0 Å². The van der Waals surface area contributed by atoms with E-state index in [-0.39, 0.29) is 0 Å². The number of rotatable bonds is 4. The van der Waals surface area contributed by atoms with Gasteiger partial charge in [0.2, 0.25) is 0 Å². The van der Waals surface area contributed by atoms with Gasteiger partial charge < -0.3 is 10.0 Å². The lowest BCUT2D eigenvalue weighted by atomic mass is 10.0. The summed E-state index contributed by atoms with van der Waals surface area (Å²) in [6.45, 7) is 0. The molecule has 0 atom stereocenters. The molecule has 0 saturated carbocycles. The zero-order chi connectivity index (χ0) is 14.5. The molecule has 0 amide bonds. The standard InChI is InChI=1S/C17H17NO2/c1-18(2)16-10-8-15(9-11-16)14-6-3-13(4-7-14)5-12-17(19)20/h3-12H,1-2H3,(H,19,20). The minimum Gasteiger partial charge on any atom is -0.478 e. The first kappa shape index (κ1) is 13.9. The monoisotopic (exact) mass is 267 g/mol. The molecule has 0 bridgehead atoms. The van der Waals surface area contributed by atoms with Crippen LogP contribution in [0.3, 0.4) is 0 Å². The number of benzene rings is 2. The molecule has 0 aliphatic carbocycles. The Balaban J connectivity index is 2.19. The van der Waals surface area contributed by atoms with Gasteiger partial charge in [0.25, 0.3) is 0 Å². The van der Waals surface area contributed by atoms with Crippen LogP contribution in [0.15, 0.2) is 54.6 Å². The zero-order valence-corrected chi connectivity index (χ0v) is 11.6. The number of hydrogen-bond donors (Lipinski definition) is 1. The number of nitrogens with zero attached hydrogens (tertiary/aromatic N) is 1. The molecule has 1 N–H and O–H groups in total. The van der Waals surface area contributed by atoms with E-state index in [1.54, 1.807) is 6.08 Å². The van der Waals surface area contributed by atoms with Crippen molar-refractivity contribution < 1.29 is 9.90 Å². The van der Waals surface area contributed by atoms with Gasteiger partial charge in [-0.2, -0.15) is 0 Å². The van der Waals surface area contributed by atoms with E-state index in [1.807, 2.05) is 38.4 Å². The minimum atomic E-state index is -0.937. The summed E-state index contributed by atoms with van der Waals surface area (Å²) in [4.78, 5) is 12.5. The molecular formula is C17H17NO2. The molecule has 0 aromatic heterocycles. The van der Waals surface area contributed by atoms with E-state index in [0.29, 0.717) is 0 Å². The molecule has 2 aromatic rings. The normalized spacial score (nSPS) is 10.7. The molecule has 3 nitrogen and oxygen atoms in total. The second kappa shape index (κ2) is 6.06. The Morgan fingerprint density at radius 2 is 1.45 bits per heavy atom. The van der Waals surface area contributed by atoms with Gasteiger partial charge in [0.15, 0.2) is 0 Å². The maximum Gasteiger partial charge on any atom is 0.328 e. The molecule has 0 fully saturated rings. The van der Waals surface area contributed by atoms with Gasteiger partial charge in [0, 0.05) is 25.9 Å². The molecule has 102 valence electrons. The average Bonchev–Trinajstić information content (AvgIpc) is 2.46. The van der Waals surface area contributed by atoms with Gasteiger partial charge in [-0.05, 0) is 34.9 Å². The van der Waals surface area contributed by atoms with Crippen molar-refractivity contribution >= 4 is 17.7 Å². The predicted molar refractivity (Wildman–Crippen MR) is 82.9 cm³/mol. The lowest BCUT2D eigenvalue weighted by Crippen LogP contribution is -2.07. The Labute approximate surface area is 118 Å². The second-order valence-corrected chi connectivity index (χ2v) is 4.73. The highest BCUT2D eigenvalue weighted by Gasteiger charge is 1.99. The van der Waals surface area contributed by atoms with E-state index >= 15 is 0 Å². The molecule has 0 unspecified atom stereocenters. The molecule has 2 aromatic carbocycles. The molecule has 2 rings (SSSR count). The van der Waals surface area contributed by atoms with Crippen molar-refractivity contribution in [3.05, 3.63) is 60.2 Å². The second-order valence-electron chi connectivity index (χ2n) is 4.73. The largest absolute Gasteiger partial charge is 0.478 e. The van der Waals surface area contributed by atoms with Crippen molar-refractivity contribution in [1.29, 1.82) is 0 Å². The Bertz CT molecular complexity index is 610. The molecule has 0 aliphatic heterocycles. The number of aliphatic carboxylic acids is 1. The number of hydrogen-bond acceptors (Lipinski definition) is 2. The molecular weight excluding hydrogens is 250 g/mol. The number of carbonyl (C=O) groups is 1. The highest BCUT2D eigenvalue weighted by Crippen LogP contribution is 2.23. The lowest BCUT2D eigenvalue weighted by Gasteiger charge is -2.12. The van der Waals surface area contributed by atoms with Gasteiger partial charge in [-0.3, -0.25) is 0 Å². The number of carboxylic acid groups (broad SMARTS) is 1. The van der Waals surface area contributed by atoms with Crippen LogP contribution in [-0.4, -0.2) is 25.2 Å². The zero-order valence-electron chi connectivity index (χ0n) is 11.6. The predicted octanol–water partition coefficient (Wildman–Crippen LogP) is 3.52. The van der Waals surface area contributed by atoms with Gasteiger partial charge in [0.1, 0.15) is 0 Å². The Hall–Kier alpha value is -2.55. The Morgan fingerprint density at radius 1 is 0.950 bits per heavy atom. The first-order valence-corrected chi connectivity index (χ1v) is 6.35. The fourth-order valence-corrected chi connectivity index (χ4v) is 1.91. The molecule has 0 radical (unpaired) electrons. The smallest absolute Gasteiger partial charge is 0.328 e. The molecule has 0 saturated heterocycles. The van der Waals surface area contributed by atoms with E-state index in [1.165, 1.54) is 0 Å². The third kappa shape index (κ3) is 3.48. The molecule has 0 heterocycles. The topological polar surface area (TPSA) is 40.5 Å². The van der Waals surface area contributed by atoms with Crippen molar-refractivity contribution in [3.8, 4) is 11.1 Å². The van der Waals surface area contributed by atoms with Gasteiger partial charge in [-0.15, -0.1) is 0 Å². The van der Waals surface area contributed by atoms with E-state index in [2.05, 4.69) is 29.2 Å². The third-order valence-corrected chi connectivity index (χ3v) is 3.05. The van der Waals surface area contributed by atoms with Crippen LogP contribution in [0.4, 0.5) is 5.69 Å². The average molecular weight is 267 g/mol. The summed E-state index contributed by atoms with van der Waals surface area (Å²) in [5.74, 6) is -0.937. The third-order valence-electron chi connectivity index (χ3n) is 3.05. The highest BCUT2D eigenvalue weighted by atomic mass is 16.4. The van der Waals surface area contributed by atoms with Crippen LogP contribution < -0.4 is 4.90 Å². The summed E-state index contributed by atoms with van der Waals surface area (Å²) in [7, 11) is 4.02. The van der Waals surface area contributed by atoms with E-state index < -0.39 is 5.97 Å². The first-order valence-electron chi connectivity index (χ1n) is 6.35. The lowest BCUT2D eigenvalue weighted by molar-refractivity contribution is -0.131. The van der Waals surface area contributed by atoms with Crippen molar-refractivity contribution in [2.24, 2.45) is 0 Å². The van der Waals surface area contributed by atoms with Crippen LogP contribution in [0.25, 0.3) is 17.2 Å². The highest BCUT2D eigenvalue weighted by molar-refractivity contribution is 5.85. The van der Waals surface area contributed by atoms with Crippen molar-refractivity contribution in [2.45, 2.75) is 0 Å². The molecule has 0 aliphatic rings. The summed E-state index contributed by atoms with van der Waals surface area (Å²) in [6, 6.07) is 16.1. The van der Waals surface area contributed by atoms with Crippen LogP contribution >= 0.6 is 0 Å². The van der Waals surface area contributed by atoms with Gasteiger partial charge >= 0.3 is 5.97 Å². The summed E-state index contributed by atoms with van der Waals surface area (Å²) in [6.07, 6.45) is 2.72.